The molecule has 408 valence electrons. The van der Waals surface area contributed by atoms with Gasteiger partial charge in [0, 0.05) is 51.3 Å². The highest BCUT2D eigenvalue weighted by atomic mass is 14.9. The number of aromatic nitrogens is 3. The third-order valence-electron chi connectivity index (χ3n) is 15.3. The molecule has 3 aromatic heterocycles. The monoisotopic (exact) mass is 1090 g/mol. The van der Waals surface area contributed by atoms with Crippen molar-refractivity contribution in [1.82, 2.24) is 0 Å². The van der Waals surface area contributed by atoms with Crippen LogP contribution in [0.1, 0.15) is 61.0 Å². The van der Waals surface area contributed by atoms with Crippen LogP contribution in [0.25, 0.3) is 101 Å². The van der Waals surface area contributed by atoms with Crippen LogP contribution in [0.4, 0.5) is 0 Å². The van der Waals surface area contributed by atoms with E-state index in [-0.39, 0.29) is 16.7 Å². The van der Waals surface area contributed by atoms with E-state index in [0.717, 1.165) is 112 Å². The van der Waals surface area contributed by atoms with E-state index in [1.165, 1.54) is 18.2 Å². The van der Waals surface area contributed by atoms with Gasteiger partial charge in [-0.3, -0.25) is 0 Å². The summed E-state index contributed by atoms with van der Waals surface area (Å²) in [7, 11) is 6.02. The van der Waals surface area contributed by atoms with Crippen LogP contribution in [0.5, 0.6) is 0 Å². The van der Waals surface area contributed by atoms with E-state index < -0.39 is 27.4 Å². The molecule has 0 bridgehead atoms. The van der Waals surface area contributed by atoms with Crippen molar-refractivity contribution in [3.05, 3.63) is 306 Å². The molecule has 0 amide bonds. The second-order valence-electron chi connectivity index (χ2n) is 21.2. The molecule has 3 heteroatoms. The molecular formula is C80H76N3+3. The summed E-state index contributed by atoms with van der Waals surface area (Å²) in [6.45, 7) is -1.24. The van der Waals surface area contributed by atoms with Gasteiger partial charge in [-0.2, -0.15) is 0 Å². The fraction of sp³-hybridized carbons (Fsp3) is 0.138. The molecule has 9 aromatic carbocycles. The molecule has 0 saturated carbocycles. The standard InChI is InChI=1S/2C27H26N.C26H24N/c1-19-10-8-11-20(2)26(19)24-15-9-12-21(3)27(24)25-17-16-23(18-28(25)4)22-13-6-5-7-14-22;1-19-13-15-24(21(3)17-19)25-12-8-9-20(2)27(25)26-16-14-23(18-28(26)4)22-10-6-5-7-11-22;1-19-10-7-8-14-23(19)24-15-9-11-20(2)26(24)25-17-16-22(18-27(25)3)21-12-5-4-6-13-21/h2*5-18H,1-4H3;4-18H,1-3H3/q3*+1/i1D3,2D3;3D3;1D3. The van der Waals surface area contributed by atoms with Gasteiger partial charge < -0.3 is 0 Å². The number of hydrogen-bond donors (Lipinski definition) is 0. The van der Waals surface area contributed by atoms with Crippen molar-refractivity contribution >= 4 is 0 Å². The summed E-state index contributed by atoms with van der Waals surface area (Å²) in [6.07, 6.45) is 6.28. The molecule has 12 aromatic rings. The van der Waals surface area contributed by atoms with Crippen LogP contribution < -0.4 is 13.7 Å². The molecule has 0 atom stereocenters. The largest absolute Gasteiger partial charge is 0.213 e. The summed E-state index contributed by atoms with van der Waals surface area (Å²) in [6, 6.07) is 78.4. The summed E-state index contributed by atoms with van der Waals surface area (Å²) in [5, 5.41) is 0. The van der Waals surface area contributed by atoms with E-state index in [4.69, 9.17) is 16.4 Å². The Morgan fingerprint density at radius 3 is 0.976 bits per heavy atom. The fourth-order valence-corrected chi connectivity index (χ4v) is 11.1. The quantitative estimate of drug-likeness (QED) is 0.128. The molecule has 3 heterocycles. The van der Waals surface area contributed by atoms with Crippen molar-refractivity contribution < 1.29 is 30.2 Å². The number of rotatable bonds is 9. The Bertz CT molecular complexity index is 4690. The molecule has 83 heavy (non-hydrogen) atoms. The molecule has 12 rings (SSSR count). The summed E-state index contributed by atoms with van der Waals surface area (Å²) in [5.41, 5.74) is 21.8. The predicted octanol–water partition coefficient (Wildman–Crippen LogP) is 19.0. The minimum Gasteiger partial charge on any atom is -0.200 e. The number of benzene rings is 9. The Balaban J connectivity index is 0.000000156. The van der Waals surface area contributed by atoms with E-state index in [1.54, 1.807) is 18.2 Å². The van der Waals surface area contributed by atoms with Gasteiger partial charge in [0.15, 0.2) is 18.6 Å². The average Bonchev–Trinajstić information content (AvgIpc) is 0.759. The maximum atomic E-state index is 8.10. The van der Waals surface area contributed by atoms with Gasteiger partial charge in [0.05, 0.1) is 16.7 Å². The van der Waals surface area contributed by atoms with Crippen molar-refractivity contribution in [2.45, 2.75) is 55.1 Å². The van der Waals surface area contributed by atoms with Gasteiger partial charge in [0.2, 0.25) is 17.1 Å². The maximum absolute atomic E-state index is 8.10. The molecule has 0 N–H and O–H groups in total. The van der Waals surface area contributed by atoms with Crippen LogP contribution in [-0.4, -0.2) is 0 Å². The van der Waals surface area contributed by atoms with Crippen LogP contribution in [0.2, 0.25) is 0 Å². The molecule has 0 saturated heterocycles. The molecule has 0 spiro atoms. The van der Waals surface area contributed by atoms with Crippen LogP contribution in [0.3, 0.4) is 0 Å². The Hall–Kier alpha value is -9.57. The Morgan fingerprint density at radius 2 is 0.566 bits per heavy atom. The SMILES string of the molecule is [2H]C([2H])([2H])c1cc(C)ccc1-c1cccc(C)c1-c1ccc(-c2ccccc2)c[n+]1C.[2H]C([2H])([2H])c1cccc(C([2H])([2H])[2H])c1-c1cccc(C)c1-c1ccc(-c2ccccc2)c[n+]1C.[2H]C([2H])([2H])c1ccccc1-c1cccc(C)c1-c1ccc(-c2ccccc2)c[n+]1C. The first kappa shape index (κ1) is 43.2. The average molecular weight is 1090 g/mol. The van der Waals surface area contributed by atoms with E-state index in [1.807, 2.05) is 191 Å². The molecule has 0 radical (unpaired) electrons. The lowest BCUT2D eigenvalue weighted by Gasteiger charge is -2.16. The first-order valence-corrected chi connectivity index (χ1v) is 27.9. The van der Waals surface area contributed by atoms with Crippen LogP contribution >= 0.6 is 0 Å². The van der Waals surface area contributed by atoms with E-state index in [0.29, 0.717) is 16.7 Å². The van der Waals surface area contributed by atoms with Gasteiger partial charge in [-0.1, -0.05) is 212 Å². The zero-order valence-electron chi connectivity index (χ0n) is 60.2. The smallest absolute Gasteiger partial charge is 0.200 e. The highest BCUT2D eigenvalue weighted by Gasteiger charge is 2.23. The third-order valence-corrected chi connectivity index (χ3v) is 15.3. The minimum absolute atomic E-state index is 0.0385. The van der Waals surface area contributed by atoms with E-state index in [9.17, 15) is 0 Å². The number of pyridine rings is 3. The van der Waals surface area contributed by atoms with Crippen LogP contribution in [-0.2, 0) is 21.1 Å². The highest BCUT2D eigenvalue weighted by molar-refractivity contribution is 5.88. The zero-order chi connectivity index (χ0) is 68.1. The van der Waals surface area contributed by atoms with Crippen LogP contribution in [0, 0.1) is 55.1 Å². The van der Waals surface area contributed by atoms with Crippen molar-refractivity contribution in [1.29, 1.82) is 0 Å². The second-order valence-corrected chi connectivity index (χ2v) is 21.2. The lowest BCUT2D eigenvalue weighted by atomic mass is 9.88. The van der Waals surface area contributed by atoms with Gasteiger partial charge in [-0.05, 0) is 162 Å². The fourth-order valence-electron chi connectivity index (χ4n) is 11.1. The predicted molar refractivity (Wildman–Crippen MR) is 350 cm³/mol. The summed E-state index contributed by atoms with van der Waals surface area (Å²) in [4.78, 5) is 0. The molecule has 3 nitrogen and oxygen atoms in total. The Labute approximate surface area is 510 Å². The normalized spacial score (nSPS) is 13.6. The van der Waals surface area contributed by atoms with E-state index in [2.05, 4.69) is 96.0 Å². The molecule has 0 aliphatic heterocycles. The first-order chi connectivity index (χ1) is 45.1. The van der Waals surface area contributed by atoms with Gasteiger partial charge in [-0.15, -0.1) is 0 Å². The summed E-state index contributed by atoms with van der Waals surface area (Å²) in [5.74, 6) is 0. The molecular weight excluding hydrogens is 1000 g/mol. The van der Waals surface area contributed by atoms with Gasteiger partial charge in [-0.25, -0.2) is 13.7 Å². The Kier molecular flexibility index (Phi) is 13.3. The molecule has 0 aliphatic carbocycles. The van der Waals surface area contributed by atoms with Gasteiger partial charge in [0.1, 0.15) is 21.1 Å². The highest BCUT2D eigenvalue weighted by Crippen LogP contribution is 2.39. The Morgan fingerprint density at radius 1 is 0.241 bits per heavy atom. The number of nitrogens with zero attached hydrogens (tertiary/aromatic N) is 3. The maximum Gasteiger partial charge on any atom is 0.213 e. The van der Waals surface area contributed by atoms with Crippen molar-refractivity contribution in [2.75, 3.05) is 0 Å². The molecule has 0 unspecified atom stereocenters. The molecule has 0 aliphatic rings. The lowest BCUT2D eigenvalue weighted by molar-refractivity contribution is -0.660. The molecule has 0 fully saturated rings. The van der Waals surface area contributed by atoms with Crippen molar-refractivity contribution in [2.24, 2.45) is 21.1 Å². The van der Waals surface area contributed by atoms with Crippen molar-refractivity contribution in [3.8, 4) is 101 Å². The third kappa shape index (κ3) is 12.5. The van der Waals surface area contributed by atoms with Gasteiger partial charge >= 0.3 is 0 Å². The van der Waals surface area contributed by atoms with Crippen molar-refractivity contribution in [3.63, 3.8) is 0 Å². The zero-order valence-corrected chi connectivity index (χ0v) is 48.2. The number of hydrogen-bond acceptors (Lipinski definition) is 0. The summed E-state index contributed by atoms with van der Waals surface area (Å²) >= 11 is 0. The lowest BCUT2D eigenvalue weighted by Crippen LogP contribution is -2.31. The summed E-state index contributed by atoms with van der Waals surface area (Å²) < 4.78 is 103. The minimum atomic E-state index is -2.46. The van der Waals surface area contributed by atoms with E-state index >= 15 is 0 Å². The second kappa shape index (κ2) is 25.5. The first-order valence-electron chi connectivity index (χ1n) is 33.9. The topological polar surface area (TPSA) is 11.6 Å². The van der Waals surface area contributed by atoms with Crippen LogP contribution in [0.15, 0.2) is 261 Å². The van der Waals surface area contributed by atoms with Gasteiger partial charge in [0.25, 0.3) is 0 Å². The number of aryl methyl sites for hydroxylation is 11.